The Kier molecular flexibility index (Phi) is 7.04. The molecule has 10 heteroatoms. The third kappa shape index (κ3) is 5.21. The molecule has 1 aromatic heterocycles. The molecule has 0 saturated carbocycles. The summed E-state index contributed by atoms with van der Waals surface area (Å²) in [6.07, 6.45) is 4.51. The second-order valence-corrected chi connectivity index (χ2v) is 8.68. The summed E-state index contributed by atoms with van der Waals surface area (Å²) in [6, 6.07) is 8.45. The summed E-state index contributed by atoms with van der Waals surface area (Å²) in [7, 11) is 2.70. The van der Waals surface area contributed by atoms with Gasteiger partial charge in [-0.05, 0) is 29.2 Å². The summed E-state index contributed by atoms with van der Waals surface area (Å²) in [6.45, 7) is 5.89. The number of nitro benzene ring substituents is 1. The first-order valence-electron chi connectivity index (χ1n) is 10.6. The average molecular weight is 479 g/mol. The molecule has 182 valence electrons. The molecule has 10 nitrogen and oxygen atoms in total. The molecule has 0 amide bonds. The van der Waals surface area contributed by atoms with Crippen molar-refractivity contribution in [3.05, 3.63) is 95.8 Å². The number of non-ortho nitro benzene ring substituents is 1. The number of aromatic amines is 1. The van der Waals surface area contributed by atoms with Crippen molar-refractivity contribution in [3.8, 4) is 11.4 Å². The molecule has 2 aromatic carbocycles. The van der Waals surface area contributed by atoms with Crippen LogP contribution in [0.5, 0.6) is 5.75 Å². The van der Waals surface area contributed by atoms with E-state index in [0.29, 0.717) is 22.6 Å². The highest BCUT2D eigenvalue weighted by molar-refractivity contribution is 5.95. The Morgan fingerprint density at radius 1 is 1.06 bits per heavy atom. The summed E-state index contributed by atoms with van der Waals surface area (Å²) < 4.78 is 11.5. The van der Waals surface area contributed by atoms with Crippen molar-refractivity contribution in [2.45, 2.75) is 26.2 Å². The Labute approximate surface area is 200 Å². The van der Waals surface area contributed by atoms with Gasteiger partial charge < -0.3 is 14.5 Å². The van der Waals surface area contributed by atoms with Gasteiger partial charge in [0.05, 0.1) is 30.4 Å². The molecular formula is C25H25N3O7. The number of aromatic nitrogens is 2. The first-order chi connectivity index (χ1) is 16.5. The van der Waals surface area contributed by atoms with Crippen molar-refractivity contribution in [1.29, 1.82) is 0 Å². The fraction of sp³-hybridized carbons (Fsp3) is 0.240. The zero-order valence-corrected chi connectivity index (χ0v) is 19.9. The fourth-order valence-electron chi connectivity index (χ4n) is 3.61. The Balaban J connectivity index is 2.27. The number of carbonyl (C=O) groups is 1. The van der Waals surface area contributed by atoms with E-state index in [9.17, 15) is 24.5 Å². The highest BCUT2D eigenvalue weighted by Crippen LogP contribution is 2.37. The van der Waals surface area contributed by atoms with E-state index in [1.54, 1.807) is 24.3 Å². The minimum absolute atomic E-state index is 0.0137. The topological polar surface area (TPSA) is 134 Å². The van der Waals surface area contributed by atoms with Gasteiger partial charge in [0.25, 0.3) is 11.2 Å². The van der Waals surface area contributed by atoms with Crippen LogP contribution >= 0.6 is 0 Å². The highest BCUT2D eigenvalue weighted by Gasteiger charge is 2.23. The molecule has 1 heterocycles. The van der Waals surface area contributed by atoms with Crippen LogP contribution in [0.2, 0.25) is 0 Å². The minimum Gasteiger partial charge on any atom is -0.496 e. The molecule has 0 fully saturated rings. The Bertz CT molecular complexity index is 1410. The molecule has 0 aliphatic heterocycles. The van der Waals surface area contributed by atoms with Gasteiger partial charge in [-0.25, -0.2) is 14.2 Å². The van der Waals surface area contributed by atoms with Gasteiger partial charge in [-0.1, -0.05) is 32.9 Å². The summed E-state index contributed by atoms with van der Waals surface area (Å²) in [5, 5.41) is 11.2. The lowest BCUT2D eigenvalue weighted by Crippen LogP contribution is -2.32. The number of ether oxygens (including phenoxy) is 2. The molecule has 0 unspecified atom stereocenters. The first-order valence-corrected chi connectivity index (χ1v) is 10.6. The number of carbonyl (C=O) groups excluding carboxylic acids is 1. The second kappa shape index (κ2) is 9.80. The second-order valence-electron chi connectivity index (χ2n) is 8.68. The SMILES string of the molecule is COC(=O)c1cc([N+](=O)[O-])ccc1C=Cc1cc(-n2c(=O)cc[nH]c2=O)cc(C(C)(C)C)c1OC. The maximum absolute atomic E-state index is 12.5. The third-order valence-electron chi connectivity index (χ3n) is 5.32. The summed E-state index contributed by atoms with van der Waals surface area (Å²) in [4.78, 5) is 50.2. The number of nitrogens with zero attached hydrogens (tertiary/aromatic N) is 2. The van der Waals surface area contributed by atoms with Crippen LogP contribution in [0, 0.1) is 10.1 Å². The van der Waals surface area contributed by atoms with Gasteiger partial charge in [0, 0.05) is 35.5 Å². The molecular weight excluding hydrogens is 454 g/mol. The number of rotatable bonds is 6. The van der Waals surface area contributed by atoms with Crippen molar-refractivity contribution in [1.82, 2.24) is 9.55 Å². The standard InChI is InChI=1S/C25H25N3O7/c1-25(2,3)20-14-18(27-21(29)10-11-26-24(27)31)12-16(22(20)34-4)7-6-15-8-9-17(28(32)33)13-19(15)23(30)35-5/h6-14H,1-5H3,(H,26,31). The summed E-state index contributed by atoms with van der Waals surface area (Å²) in [5.41, 5.74) is 0.224. The van der Waals surface area contributed by atoms with Crippen molar-refractivity contribution in [3.63, 3.8) is 0 Å². The number of nitro groups is 1. The van der Waals surface area contributed by atoms with Gasteiger partial charge in [0.1, 0.15) is 5.75 Å². The Hall–Kier alpha value is -4.47. The van der Waals surface area contributed by atoms with Gasteiger partial charge in [-0.3, -0.25) is 14.9 Å². The quantitative estimate of drug-likeness (QED) is 0.247. The molecule has 1 N–H and O–H groups in total. The third-order valence-corrected chi connectivity index (χ3v) is 5.32. The molecule has 35 heavy (non-hydrogen) atoms. The van der Waals surface area contributed by atoms with Crippen LogP contribution in [0.1, 0.15) is 47.8 Å². The molecule has 3 rings (SSSR count). The highest BCUT2D eigenvalue weighted by atomic mass is 16.6. The van der Waals surface area contributed by atoms with E-state index in [1.807, 2.05) is 20.8 Å². The first kappa shape index (κ1) is 25.2. The van der Waals surface area contributed by atoms with E-state index in [1.165, 1.54) is 38.6 Å². The maximum Gasteiger partial charge on any atom is 0.338 e. The van der Waals surface area contributed by atoms with Crippen LogP contribution in [0.3, 0.4) is 0 Å². The maximum atomic E-state index is 12.5. The number of hydrogen-bond donors (Lipinski definition) is 1. The van der Waals surface area contributed by atoms with Gasteiger partial charge in [-0.2, -0.15) is 0 Å². The number of methoxy groups -OCH3 is 2. The van der Waals surface area contributed by atoms with E-state index >= 15 is 0 Å². The molecule has 0 aliphatic carbocycles. The summed E-state index contributed by atoms with van der Waals surface area (Å²) >= 11 is 0. The van der Waals surface area contributed by atoms with Crippen LogP contribution in [-0.4, -0.2) is 34.7 Å². The average Bonchev–Trinajstić information content (AvgIpc) is 2.81. The molecule has 0 radical (unpaired) electrons. The molecule has 3 aromatic rings. The Morgan fingerprint density at radius 2 is 1.74 bits per heavy atom. The van der Waals surface area contributed by atoms with E-state index < -0.39 is 27.6 Å². The van der Waals surface area contributed by atoms with Crippen LogP contribution in [-0.2, 0) is 10.2 Å². The van der Waals surface area contributed by atoms with Crippen molar-refractivity contribution >= 4 is 23.8 Å². The molecule has 0 aliphatic rings. The lowest BCUT2D eigenvalue weighted by Gasteiger charge is -2.24. The van der Waals surface area contributed by atoms with Crippen LogP contribution in [0.25, 0.3) is 17.8 Å². The molecule has 0 bridgehead atoms. The van der Waals surface area contributed by atoms with Crippen molar-refractivity contribution in [2.24, 2.45) is 0 Å². The minimum atomic E-state index is -0.730. The van der Waals surface area contributed by atoms with E-state index in [-0.39, 0.29) is 11.3 Å². The van der Waals surface area contributed by atoms with Crippen LogP contribution in [0.15, 0.2) is 52.2 Å². The van der Waals surface area contributed by atoms with E-state index in [4.69, 9.17) is 9.47 Å². The Morgan fingerprint density at radius 3 is 2.31 bits per heavy atom. The van der Waals surface area contributed by atoms with Crippen molar-refractivity contribution in [2.75, 3.05) is 14.2 Å². The zero-order valence-electron chi connectivity index (χ0n) is 19.9. The number of nitrogens with one attached hydrogen (secondary N) is 1. The molecule has 0 atom stereocenters. The van der Waals surface area contributed by atoms with Gasteiger partial charge >= 0.3 is 11.7 Å². The molecule has 0 spiro atoms. The van der Waals surface area contributed by atoms with Crippen LogP contribution < -0.4 is 16.0 Å². The van der Waals surface area contributed by atoms with Gasteiger partial charge in [0.2, 0.25) is 0 Å². The molecule has 0 saturated heterocycles. The lowest BCUT2D eigenvalue weighted by atomic mass is 9.84. The van der Waals surface area contributed by atoms with Crippen LogP contribution in [0.4, 0.5) is 5.69 Å². The predicted molar refractivity (Wildman–Crippen MR) is 131 cm³/mol. The zero-order chi connectivity index (χ0) is 25.9. The van der Waals surface area contributed by atoms with Gasteiger partial charge in [0.15, 0.2) is 0 Å². The lowest BCUT2D eigenvalue weighted by molar-refractivity contribution is -0.384. The number of benzene rings is 2. The number of H-pyrrole nitrogens is 1. The normalized spacial score (nSPS) is 11.5. The monoisotopic (exact) mass is 479 g/mol. The summed E-state index contributed by atoms with van der Waals surface area (Å²) in [5.74, 6) is -0.216. The smallest absolute Gasteiger partial charge is 0.338 e. The number of hydrogen-bond acceptors (Lipinski definition) is 7. The van der Waals surface area contributed by atoms with Gasteiger partial charge in [-0.15, -0.1) is 0 Å². The van der Waals surface area contributed by atoms with Crippen molar-refractivity contribution < 1.29 is 19.2 Å². The van der Waals surface area contributed by atoms with E-state index in [2.05, 4.69) is 4.98 Å². The predicted octanol–water partition coefficient (Wildman–Crippen LogP) is 3.70. The fourth-order valence-corrected chi connectivity index (χ4v) is 3.61. The largest absolute Gasteiger partial charge is 0.496 e. The van der Waals surface area contributed by atoms with E-state index in [0.717, 1.165) is 16.2 Å². The number of esters is 1.